The summed E-state index contributed by atoms with van der Waals surface area (Å²) < 4.78 is 34.1. The molecule has 35 heavy (non-hydrogen) atoms. The average molecular weight is 486 g/mol. The first-order chi connectivity index (χ1) is 16.9. The number of H-pyrrole nitrogens is 1. The van der Waals surface area contributed by atoms with Crippen LogP contribution in [0.5, 0.6) is 11.5 Å². The number of benzene rings is 3. The van der Waals surface area contributed by atoms with Gasteiger partial charge in [-0.25, -0.2) is 18.4 Å². The summed E-state index contributed by atoms with van der Waals surface area (Å²) in [7, 11) is -3.90. The number of fused-ring (bicyclic) bond motifs is 1. The minimum absolute atomic E-state index is 0.0520. The second-order valence-electron chi connectivity index (χ2n) is 7.59. The summed E-state index contributed by atoms with van der Waals surface area (Å²) in [5.41, 5.74) is 7.18. The maximum atomic E-state index is 13.1. The Labute approximate surface area is 200 Å². The summed E-state index contributed by atoms with van der Waals surface area (Å²) >= 11 is 0. The van der Waals surface area contributed by atoms with Crippen molar-refractivity contribution in [1.29, 1.82) is 0 Å². The third-order valence-electron chi connectivity index (χ3n) is 5.23. The lowest BCUT2D eigenvalue weighted by Crippen LogP contribution is -2.13. The molecular weight excluding hydrogens is 466 g/mol. The van der Waals surface area contributed by atoms with Gasteiger partial charge >= 0.3 is 0 Å². The molecule has 10 heteroatoms. The summed E-state index contributed by atoms with van der Waals surface area (Å²) in [4.78, 5) is 24.1. The molecule has 2 heterocycles. The average Bonchev–Trinajstić information content (AvgIpc) is 3.30. The maximum absolute atomic E-state index is 13.1. The monoisotopic (exact) mass is 485 g/mol. The number of aromatic nitrogens is 3. The molecule has 5 aromatic rings. The van der Waals surface area contributed by atoms with Crippen LogP contribution in [0, 0.1) is 0 Å². The van der Waals surface area contributed by atoms with Gasteiger partial charge in [-0.3, -0.25) is 9.52 Å². The SMILES string of the molecule is Nc1ncnc2[nH]cc(C(=O)c3cccc(NS(=O)(=O)c4ccc(Oc5ccccc5)cc4)c3)c12. The first-order valence-corrected chi connectivity index (χ1v) is 12.0. The number of aromatic amines is 1. The zero-order valence-electron chi connectivity index (χ0n) is 18.2. The number of para-hydroxylation sites is 1. The zero-order chi connectivity index (χ0) is 24.4. The molecule has 4 N–H and O–H groups in total. The number of nitrogens with zero attached hydrogens (tertiary/aromatic N) is 2. The Hall–Kier alpha value is -4.70. The highest BCUT2D eigenvalue weighted by molar-refractivity contribution is 7.92. The Balaban J connectivity index is 1.36. The fraction of sp³-hybridized carbons (Fsp3) is 0. The van der Waals surface area contributed by atoms with Crippen molar-refractivity contribution in [2.45, 2.75) is 4.90 Å². The molecule has 0 saturated carbocycles. The normalized spacial score (nSPS) is 11.3. The lowest BCUT2D eigenvalue weighted by molar-refractivity contribution is 0.104. The number of carbonyl (C=O) groups is 1. The number of nitrogens with two attached hydrogens (primary N) is 1. The van der Waals surface area contributed by atoms with Gasteiger partial charge in [-0.1, -0.05) is 30.3 Å². The second kappa shape index (κ2) is 8.92. The first-order valence-electron chi connectivity index (χ1n) is 10.5. The van der Waals surface area contributed by atoms with Gasteiger partial charge < -0.3 is 15.5 Å². The van der Waals surface area contributed by atoms with Gasteiger partial charge in [0.1, 0.15) is 29.3 Å². The van der Waals surface area contributed by atoms with E-state index >= 15 is 0 Å². The Morgan fingerprint density at radius 2 is 1.66 bits per heavy atom. The molecule has 0 fully saturated rings. The minimum atomic E-state index is -3.90. The number of carbonyl (C=O) groups excluding carboxylic acids is 1. The standard InChI is InChI=1S/C25H19N5O4S/c26-24-22-21(14-27-25(22)29-15-28-24)23(31)16-5-4-6-17(13-16)30-35(32,33)20-11-9-19(10-12-20)34-18-7-2-1-3-8-18/h1-15,30H,(H3,26,27,28,29). The molecule has 3 aromatic carbocycles. The van der Waals surface area contributed by atoms with Crippen molar-refractivity contribution in [3.8, 4) is 11.5 Å². The number of hydrogen-bond donors (Lipinski definition) is 3. The summed E-state index contributed by atoms with van der Waals surface area (Å²) in [6, 6.07) is 21.4. The van der Waals surface area contributed by atoms with Crippen LogP contribution in [0.3, 0.4) is 0 Å². The number of rotatable bonds is 7. The third-order valence-corrected chi connectivity index (χ3v) is 6.63. The molecule has 0 unspecified atom stereocenters. The van der Waals surface area contributed by atoms with Crippen LogP contribution in [0.25, 0.3) is 11.0 Å². The van der Waals surface area contributed by atoms with Crippen LogP contribution in [0.15, 0.2) is 96.3 Å². The third kappa shape index (κ3) is 4.55. The van der Waals surface area contributed by atoms with E-state index in [0.717, 1.165) is 0 Å². The van der Waals surface area contributed by atoms with Crippen LogP contribution in [-0.4, -0.2) is 29.2 Å². The van der Waals surface area contributed by atoms with Crippen molar-refractivity contribution in [2.24, 2.45) is 0 Å². The topological polar surface area (TPSA) is 140 Å². The van der Waals surface area contributed by atoms with Gasteiger partial charge in [0.2, 0.25) is 0 Å². The van der Waals surface area contributed by atoms with Gasteiger partial charge in [0.15, 0.2) is 5.78 Å². The van der Waals surface area contributed by atoms with Crippen molar-refractivity contribution in [3.63, 3.8) is 0 Å². The Bertz CT molecular complexity index is 1630. The lowest BCUT2D eigenvalue weighted by Gasteiger charge is -2.10. The second-order valence-corrected chi connectivity index (χ2v) is 9.27. The number of hydrogen-bond acceptors (Lipinski definition) is 7. The van der Waals surface area contributed by atoms with Gasteiger partial charge in [-0.15, -0.1) is 0 Å². The quantitative estimate of drug-likeness (QED) is 0.291. The molecule has 5 rings (SSSR count). The maximum Gasteiger partial charge on any atom is 0.261 e. The number of sulfonamides is 1. The summed E-state index contributed by atoms with van der Waals surface area (Å²) in [6.07, 6.45) is 2.81. The van der Waals surface area contributed by atoms with E-state index in [0.29, 0.717) is 28.1 Å². The molecule has 0 aliphatic rings. The highest BCUT2D eigenvalue weighted by Crippen LogP contribution is 2.26. The Kier molecular flexibility index (Phi) is 5.63. The highest BCUT2D eigenvalue weighted by Gasteiger charge is 2.19. The van der Waals surface area contributed by atoms with Crippen LogP contribution in [0.2, 0.25) is 0 Å². The fourth-order valence-corrected chi connectivity index (χ4v) is 4.62. The zero-order valence-corrected chi connectivity index (χ0v) is 19.0. The van der Waals surface area contributed by atoms with Crippen molar-refractivity contribution < 1.29 is 17.9 Å². The number of nitrogen functional groups attached to an aromatic ring is 1. The summed E-state index contributed by atoms with van der Waals surface area (Å²) in [5, 5.41) is 0.418. The number of anilines is 2. The molecule has 0 bridgehead atoms. The molecule has 0 radical (unpaired) electrons. The molecule has 0 aliphatic heterocycles. The largest absolute Gasteiger partial charge is 0.457 e. The number of ether oxygens (including phenoxy) is 1. The van der Waals surface area contributed by atoms with Crippen LogP contribution in [0.1, 0.15) is 15.9 Å². The number of nitrogens with one attached hydrogen (secondary N) is 2. The molecule has 0 atom stereocenters. The van der Waals surface area contributed by atoms with E-state index in [1.165, 1.54) is 30.7 Å². The lowest BCUT2D eigenvalue weighted by atomic mass is 10.0. The van der Waals surface area contributed by atoms with Crippen LogP contribution in [-0.2, 0) is 10.0 Å². The Morgan fingerprint density at radius 1 is 0.914 bits per heavy atom. The minimum Gasteiger partial charge on any atom is -0.457 e. The molecule has 0 spiro atoms. The van der Waals surface area contributed by atoms with E-state index in [-0.39, 0.29) is 27.7 Å². The molecule has 0 aliphatic carbocycles. The summed E-state index contributed by atoms with van der Waals surface area (Å²) in [6.45, 7) is 0. The highest BCUT2D eigenvalue weighted by atomic mass is 32.2. The molecular formula is C25H19N5O4S. The molecule has 9 nitrogen and oxygen atoms in total. The van der Waals surface area contributed by atoms with E-state index in [4.69, 9.17) is 10.5 Å². The fourth-order valence-electron chi connectivity index (χ4n) is 3.57. The number of ketones is 1. The van der Waals surface area contributed by atoms with Gasteiger partial charge in [0.25, 0.3) is 10.0 Å². The Morgan fingerprint density at radius 3 is 2.43 bits per heavy atom. The smallest absolute Gasteiger partial charge is 0.261 e. The van der Waals surface area contributed by atoms with E-state index in [2.05, 4.69) is 19.7 Å². The van der Waals surface area contributed by atoms with Crippen molar-refractivity contribution in [2.75, 3.05) is 10.5 Å². The van der Waals surface area contributed by atoms with Gasteiger partial charge in [0.05, 0.1) is 15.8 Å². The van der Waals surface area contributed by atoms with E-state index < -0.39 is 10.0 Å². The van der Waals surface area contributed by atoms with Crippen molar-refractivity contribution >= 4 is 38.3 Å². The van der Waals surface area contributed by atoms with Crippen molar-refractivity contribution in [3.05, 3.63) is 103 Å². The molecule has 0 amide bonds. The van der Waals surface area contributed by atoms with E-state index in [1.807, 2.05) is 18.2 Å². The van der Waals surface area contributed by atoms with Gasteiger partial charge in [0, 0.05) is 17.4 Å². The van der Waals surface area contributed by atoms with Crippen LogP contribution >= 0.6 is 0 Å². The summed E-state index contributed by atoms with van der Waals surface area (Å²) in [5.74, 6) is 0.980. The van der Waals surface area contributed by atoms with Gasteiger partial charge in [-0.2, -0.15) is 0 Å². The van der Waals surface area contributed by atoms with Crippen LogP contribution < -0.4 is 15.2 Å². The first kappa shape index (κ1) is 22.1. The predicted octanol–water partition coefficient (Wildman–Crippen LogP) is 4.36. The van der Waals surface area contributed by atoms with Crippen molar-refractivity contribution in [1.82, 2.24) is 15.0 Å². The van der Waals surface area contributed by atoms with Gasteiger partial charge in [-0.05, 0) is 48.5 Å². The van der Waals surface area contributed by atoms with Crippen LogP contribution in [0.4, 0.5) is 11.5 Å². The predicted molar refractivity (Wildman–Crippen MR) is 132 cm³/mol. The molecule has 174 valence electrons. The molecule has 0 saturated heterocycles. The van der Waals surface area contributed by atoms with E-state index in [1.54, 1.807) is 42.5 Å². The molecule has 2 aromatic heterocycles. The van der Waals surface area contributed by atoms with E-state index in [9.17, 15) is 13.2 Å².